The van der Waals surface area contributed by atoms with Gasteiger partial charge in [-0.1, -0.05) is 140 Å². The lowest BCUT2D eigenvalue weighted by Crippen LogP contribution is -2.10. The van der Waals surface area contributed by atoms with Gasteiger partial charge in [0.05, 0.1) is 0 Å². The van der Waals surface area contributed by atoms with Crippen LogP contribution in [-0.2, 0) is 6.42 Å². The van der Waals surface area contributed by atoms with Crippen LogP contribution in [0.25, 0.3) is 60.7 Å². The van der Waals surface area contributed by atoms with Crippen molar-refractivity contribution in [3.8, 4) is 44.5 Å². The van der Waals surface area contributed by atoms with Crippen LogP contribution in [0.5, 0.6) is 0 Å². The highest BCUT2D eigenvalue weighted by molar-refractivity contribution is 7.19. The first-order valence-corrected chi connectivity index (χ1v) is 18.1. The van der Waals surface area contributed by atoms with Crippen molar-refractivity contribution >= 4 is 44.6 Å². The number of allylic oxidation sites excluding steroid dienone is 1. The number of aryl methyl sites for hydroxylation is 1. The Morgan fingerprint density at radius 2 is 0.940 bits per heavy atom. The zero-order chi connectivity index (χ0) is 33.3. The summed E-state index contributed by atoms with van der Waals surface area (Å²) in [6.45, 7) is 0. The highest BCUT2D eigenvalue weighted by atomic mass is 32.1. The number of hydrogen-bond donors (Lipinski definition) is 0. The van der Waals surface area contributed by atoms with Crippen molar-refractivity contribution in [3.63, 3.8) is 0 Å². The molecular weight excluding hydrogens is 623 g/mol. The molecule has 2 heteroatoms. The molecule has 9 rings (SSSR count). The van der Waals surface area contributed by atoms with E-state index in [0.717, 1.165) is 29.9 Å². The fourth-order valence-electron chi connectivity index (χ4n) is 7.22. The third kappa shape index (κ3) is 5.74. The van der Waals surface area contributed by atoms with Crippen LogP contribution in [0, 0.1) is 0 Å². The molecule has 0 saturated carbocycles. The van der Waals surface area contributed by atoms with Crippen molar-refractivity contribution in [2.45, 2.75) is 12.8 Å². The van der Waals surface area contributed by atoms with Gasteiger partial charge in [-0.15, -0.1) is 11.3 Å². The van der Waals surface area contributed by atoms with E-state index in [1.54, 1.807) is 0 Å². The Morgan fingerprint density at radius 1 is 0.420 bits per heavy atom. The number of rotatable bonds is 7. The van der Waals surface area contributed by atoms with Crippen LogP contribution in [0.3, 0.4) is 0 Å². The molecule has 0 saturated heterocycles. The number of hydrogen-bond acceptors (Lipinski definition) is 2. The standard InChI is InChI=1S/C48H35NS/c1-4-13-34(14-5-1)36-23-27-40(28-24-36)49(42-20-12-19-39(31-42)35-15-6-2-7-16-35)41-29-25-38(26-30-41)45-33-48-46(43-21-10-11-22-47(43)50-48)32-44(45)37-17-8-3-9-18-37/h1-10,12-21,23-33H,11,22H2. The molecule has 1 aliphatic carbocycles. The lowest BCUT2D eigenvalue weighted by Gasteiger charge is -2.26. The van der Waals surface area contributed by atoms with Crippen LogP contribution in [0.4, 0.5) is 17.1 Å². The van der Waals surface area contributed by atoms with E-state index >= 15 is 0 Å². The third-order valence-electron chi connectivity index (χ3n) is 9.73. The van der Waals surface area contributed by atoms with E-state index in [4.69, 9.17) is 0 Å². The Kier molecular flexibility index (Phi) is 7.93. The van der Waals surface area contributed by atoms with Crippen molar-refractivity contribution in [1.82, 2.24) is 0 Å². The molecule has 0 aliphatic heterocycles. The number of nitrogens with zero attached hydrogens (tertiary/aromatic N) is 1. The second kappa shape index (κ2) is 13.2. The van der Waals surface area contributed by atoms with E-state index < -0.39 is 0 Å². The predicted molar refractivity (Wildman–Crippen MR) is 216 cm³/mol. The van der Waals surface area contributed by atoms with Crippen molar-refractivity contribution in [2.24, 2.45) is 0 Å². The summed E-state index contributed by atoms with van der Waals surface area (Å²) in [6.07, 6.45) is 6.90. The largest absolute Gasteiger partial charge is 0.310 e. The van der Waals surface area contributed by atoms with E-state index in [1.807, 2.05) is 11.3 Å². The van der Waals surface area contributed by atoms with Crippen LogP contribution in [0.2, 0.25) is 0 Å². The van der Waals surface area contributed by atoms with Crippen LogP contribution >= 0.6 is 11.3 Å². The van der Waals surface area contributed by atoms with E-state index in [0.29, 0.717) is 0 Å². The van der Waals surface area contributed by atoms with E-state index in [9.17, 15) is 0 Å². The minimum atomic E-state index is 1.12. The number of thiophene rings is 1. The molecule has 0 spiro atoms. The van der Waals surface area contributed by atoms with Gasteiger partial charge in [0.25, 0.3) is 0 Å². The molecule has 8 aromatic rings. The molecule has 238 valence electrons. The normalized spacial score (nSPS) is 12.2. The maximum atomic E-state index is 2.43. The SMILES string of the molecule is C1=Cc2c(sc3cc(-c4ccc(N(c5ccc(-c6ccccc6)cc5)c5cccc(-c6ccccc6)c5)cc4)c(-c4ccccc4)cc23)CC1. The minimum absolute atomic E-state index is 1.12. The van der Waals surface area contributed by atoms with Crippen LogP contribution in [0.15, 0.2) is 182 Å². The van der Waals surface area contributed by atoms with Crippen molar-refractivity contribution < 1.29 is 0 Å². The quantitative estimate of drug-likeness (QED) is 0.165. The molecule has 1 aliphatic rings. The summed E-state index contributed by atoms with van der Waals surface area (Å²) >= 11 is 1.95. The van der Waals surface area contributed by atoms with Crippen molar-refractivity contribution in [3.05, 3.63) is 192 Å². The summed E-state index contributed by atoms with van der Waals surface area (Å²) in [5.74, 6) is 0. The summed E-state index contributed by atoms with van der Waals surface area (Å²) in [6, 6.07) is 63.8. The molecule has 0 amide bonds. The topological polar surface area (TPSA) is 3.24 Å². The molecule has 1 heterocycles. The van der Waals surface area contributed by atoms with Gasteiger partial charge in [-0.2, -0.15) is 0 Å². The fourth-order valence-corrected chi connectivity index (χ4v) is 8.45. The zero-order valence-corrected chi connectivity index (χ0v) is 28.5. The van der Waals surface area contributed by atoms with Crippen LogP contribution in [0.1, 0.15) is 16.9 Å². The molecule has 50 heavy (non-hydrogen) atoms. The van der Waals surface area contributed by atoms with Gasteiger partial charge in [0.2, 0.25) is 0 Å². The highest BCUT2D eigenvalue weighted by Gasteiger charge is 2.19. The van der Waals surface area contributed by atoms with Crippen LogP contribution in [-0.4, -0.2) is 0 Å². The molecule has 0 unspecified atom stereocenters. The molecule has 0 atom stereocenters. The Labute approximate surface area is 298 Å². The number of anilines is 3. The summed E-state index contributed by atoms with van der Waals surface area (Å²) in [5, 5.41) is 1.36. The van der Waals surface area contributed by atoms with Crippen molar-refractivity contribution in [1.29, 1.82) is 0 Å². The Hall–Kier alpha value is -5.96. The first-order valence-electron chi connectivity index (χ1n) is 17.3. The van der Waals surface area contributed by atoms with E-state index in [2.05, 4.69) is 193 Å². The smallest absolute Gasteiger partial charge is 0.0467 e. The van der Waals surface area contributed by atoms with Crippen molar-refractivity contribution in [2.75, 3.05) is 4.90 Å². The van der Waals surface area contributed by atoms with E-state index in [1.165, 1.54) is 65.0 Å². The van der Waals surface area contributed by atoms with Gasteiger partial charge in [-0.25, -0.2) is 0 Å². The third-order valence-corrected chi connectivity index (χ3v) is 11.0. The molecule has 0 N–H and O–H groups in total. The highest BCUT2D eigenvalue weighted by Crippen LogP contribution is 2.44. The van der Waals surface area contributed by atoms with Crippen LogP contribution < -0.4 is 4.90 Å². The van der Waals surface area contributed by atoms with E-state index in [-0.39, 0.29) is 0 Å². The summed E-state index contributed by atoms with van der Waals surface area (Å²) < 4.78 is 1.36. The van der Waals surface area contributed by atoms with Gasteiger partial charge in [0.15, 0.2) is 0 Å². The first-order chi connectivity index (χ1) is 24.8. The molecule has 0 fully saturated rings. The van der Waals surface area contributed by atoms with Gasteiger partial charge >= 0.3 is 0 Å². The molecule has 7 aromatic carbocycles. The predicted octanol–water partition coefficient (Wildman–Crippen LogP) is 14.0. The first kappa shape index (κ1) is 30.1. The molecule has 0 radical (unpaired) electrons. The number of fused-ring (bicyclic) bond motifs is 3. The number of benzene rings is 7. The second-order valence-electron chi connectivity index (χ2n) is 12.9. The average Bonchev–Trinajstić information content (AvgIpc) is 3.57. The van der Waals surface area contributed by atoms with Gasteiger partial charge in [-0.05, 0) is 111 Å². The van der Waals surface area contributed by atoms with Gasteiger partial charge in [-0.3, -0.25) is 0 Å². The fraction of sp³-hybridized carbons (Fsp3) is 0.0417. The second-order valence-corrected chi connectivity index (χ2v) is 14.0. The molecule has 1 aromatic heterocycles. The average molecular weight is 658 g/mol. The summed E-state index contributed by atoms with van der Waals surface area (Å²) in [4.78, 5) is 3.87. The Morgan fingerprint density at radius 3 is 1.60 bits per heavy atom. The lowest BCUT2D eigenvalue weighted by molar-refractivity contribution is 1.02. The summed E-state index contributed by atoms with van der Waals surface area (Å²) in [7, 11) is 0. The van der Waals surface area contributed by atoms with Gasteiger partial charge in [0, 0.05) is 32.0 Å². The zero-order valence-electron chi connectivity index (χ0n) is 27.7. The van der Waals surface area contributed by atoms with Gasteiger partial charge in [0.1, 0.15) is 0 Å². The molecule has 1 nitrogen and oxygen atoms in total. The Bertz CT molecular complexity index is 2440. The summed E-state index contributed by atoms with van der Waals surface area (Å²) in [5.41, 5.74) is 14.6. The maximum absolute atomic E-state index is 2.43. The molecule has 0 bridgehead atoms. The minimum Gasteiger partial charge on any atom is -0.310 e. The monoisotopic (exact) mass is 657 g/mol. The van der Waals surface area contributed by atoms with Gasteiger partial charge < -0.3 is 4.90 Å². The maximum Gasteiger partial charge on any atom is 0.0467 e. The molecular formula is C48H35NS. The Balaban J connectivity index is 1.15. The lowest BCUT2D eigenvalue weighted by atomic mass is 9.91.